The number of benzene rings is 2. The normalized spacial score (nSPS) is 16.0. The molecule has 1 aliphatic rings. The molecule has 0 spiro atoms. The summed E-state index contributed by atoms with van der Waals surface area (Å²) in [5.41, 5.74) is 2.40. The quantitative estimate of drug-likeness (QED) is 0.757. The topological polar surface area (TPSA) is 69.0 Å². The highest BCUT2D eigenvalue weighted by Crippen LogP contribution is 2.36. The van der Waals surface area contributed by atoms with E-state index in [1.165, 1.54) is 6.33 Å². The molecule has 4 rings (SSSR count). The largest absolute Gasteiger partial charge is 0.381 e. The van der Waals surface area contributed by atoms with E-state index in [0.717, 1.165) is 16.8 Å². The van der Waals surface area contributed by atoms with Gasteiger partial charge in [-0.15, -0.1) is 0 Å². The van der Waals surface area contributed by atoms with E-state index in [-0.39, 0.29) is 5.91 Å². The maximum Gasteiger partial charge on any atom is 0.235 e. The Labute approximate surface area is 158 Å². The first-order valence-corrected chi connectivity index (χ1v) is 9.12. The first-order valence-electron chi connectivity index (χ1n) is 9.12. The van der Waals surface area contributed by atoms with Crippen LogP contribution < -0.4 is 5.32 Å². The van der Waals surface area contributed by atoms with Gasteiger partial charge in [0.1, 0.15) is 12.7 Å². The van der Waals surface area contributed by atoms with Crippen molar-refractivity contribution in [1.29, 1.82) is 0 Å². The summed E-state index contributed by atoms with van der Waals surface area (Å²) < 4.78 is 7.28. The zero-order valence-corrected chi connectivity index (χ0v) is 15.0. The van der Waals surface area contributed by atoms with E-state index in [1.54, 1.807) is 11.0 Å². The van der Waals surface area contributed by atoms with E-state index in [4.69, 9.17) is 4.74 Å². The fourth-order valence-corrected chi connectivity index (χ4v) is 3.57. The van der Waals surface area contributed by atoms with E-state index >= 15 is 0 Å². The fraction of sp³-hybridized carbons (Fsp3) is 0.286. The molecule has 0 unspecified atom stereocenters. The molecule has 1 saturated heterocycles. The minimum absolute atomic E-state index is 0.0287. The molecule has 27 heavy (non-hydrogen) atoms. The van der Waals surface area contributed by atoms with Crippen LogP contribution in [-0.2, 0) is 21.5 Å². The van der Waals surface area contributed by atoms with E-state index in [0.29, 0.717) is 32.6 Å². The first kappa shape index (κ1) is 17.4. The molecule has 2 heterocycles. The van der Waals surface area contributed by atoms with Crippen molar-refractivity contribution in [2.75, 3.05) is 18.5 Å². The second kappa shape index (κ2) is 7.72. The molecule has 0 bridgehead atoms. The summed E-state index contributed by atoms with van der Waals surface area (Å²) >= 11 is 0. The summed E-state index contributed by atoms with van der Waals surface area (Å²) in [7, 11) is 0. The molecule has 3 aromatic rings. The van der Waals surface area contributed by atoms with Gasteiger partial charge in [-0.05, 0) is 36.1 Å². The number of aromatic nitrogens is 3. The lowest BCUT2D eigenvalue weighted by Gasteiger charge is -2.36. The van der Waals surface area contributed by atoms with E-state index in [2.05, 4.69) is 15.4 Å². The van der Waals surface area contributed by atoms with Gasteiger partial charge < -0.3 is 10.1 Å². The first-order chi connectivity index (χ1) is 13.3. The van der Waals surface area contributed by atoms with Crippen LogP contribution in [0.3, 0.4) is 0 Å². The third-order valence-electron chi connectivity index (χ3n) is 5.13. The van der Waals surface area contributed by atoms with Crippen molar-refractivity contribution in [2.24, 2.45) is 0 Å². The molecule has 0 aliphatic carbocycles. The van der Waals surface area contributed by atoms with E-state index < -0.39 is 5.41 Å². The Morgan fingerprint density at radius 3 is 2.48 bits per heavy atom. The molecule has 6 heteroatoms. The van der Waals surface area contributed by atoms with Gasteiger partial charge in [-0.3, -0.25) is 4.79 Å². The lowest BCUT2D eigenvalue weighted by atomic mass is 9.73. The summed E-state index contributed by atoms with van der Waals surface area (Å²) in [5, 5.41) is 7.22. The molecular formula is C21H22N4O2. The summed E-state index contributed by atoms with van der Waals surface area (Å²) in [5.74, 6) is 0.0287. The van der Waals surface area contributed by atoms with Crippen LogP contribution in [0.4, 0.5) is 5.69 Å². The Balaban J connectivity index is 1.51. The second-order valence-corrected chi connectivity index (χ2v) is 6.80. The summed E-state index contributed by atoms with van der Waals surface area (Å²) in [6, 6.07) is 17.9. The fourth-order valence-electron chi connectivity index (χ4n) is 3.57. The molecule has 1 aliphatic heterocycles. The van der Waals surface area contributed by atoms with Crippen molar-refractivity contribution in [3.63, 3.8) is 0 Å². The predicted molar refractivity (Wildman–Crippen MR) is 102 cm³/mol. The van der Waals surface area contributed by atoms with Gasteiger partial charge in [0.2, 0.25) is 5.91 Å². The average Bonchev–Trinajstić information content (AvgIpc) is 3.24. The molecule has 1 amide bonds. The minimum atomic E-state index is -0.543. The minimum Gasteiger partial charge on any atom is -0.381 e. The van der Waals surface area contributed by atoms with Gasteiger partial charge in [0, 0.05) is 18.9 Å². The number of hydrogen-bond donors (Lipinski definition) is 1. The van der Waals surface area contributed by atoms with Crippen LogP contribution in [0, 0.1) is 0 Å². The van der Waals surface area contributed by atoms with Crippen molar-refractivity contribution in [3.8, 4) is 0 Å². The lowest BCUT2D eigenvalue weighted by molar-refractivity contribution is -0.125. The third kappa shape index (κ3) is 3.75. The van der Waals surface area contributed by atoms with Crippen LogP contribution in [-0.4, -0.2) is 33.9 Å². The smallest absolute Gasteiger partial charge is 0.235 e. The van der Waals surface area contributed by atoms with Crippen LogP contribution in [0.25, 0.3) is 0 Å². The molecule has 2 aromatic carbocycles. The highest BCUT2D eigenvalue weighted by molar-refractivity contribution is 5.99. The monoisotopic (exact) mass is 362 g/mol. The molecular weight excluding hydrogens is 340 g/mol. The van der Waals surface area contributed by atoms with E-state index in [9.17, 15) is 4.79 Å². The third-order valence-corrected chi connectivity index (χ3v) is 5.13. The van der Waals surface area contributed by atoms with Crippen LogP contribution >= 0.6 is 0 Å². The van der Waals surface area contributed by atoms with Gasteiger partial charge in [0.15, 0.2) is 0 Å². The van der Waals surface area contributed by atoms with Crippen molar-refractivity contribution in [1.82, 2.24) is 14.8 Å². The second-order valence-electron chi connectivity index (χ2n) is 6.80. The summed E-state index contributed by atoms with van der Waals surface area (Å²) in [6.45, 7) is 1.85. The van der Waals surface area contributed by atoms with Gasteiger partial charge in [0.05, 0.1) is 12.0 Å². The Bertz CT molecular complexity index is 870. The molecule has 1 aromatic heterocycles. The number of carbonyl (C=O) groups excluding carboxylic acids is 1. The van der Waals surface area contributed by atoms with Crippen molar-refractivity contribution < 1.29 is 9.53 Å². The SMILES string of the molecule is O=C(Nc1ccc(Cn2cncn2)cc1)C1(c2ccccc2)CCOCC1. The number of rotatable bonds is 5. The van der Waals surface area contributed by atoms with E-state index in [1.807, 2.05) is 54.6 Å². The number of nitrogens with zero attached hydrogens (tertiary/aromatic N) is 3. The van der Waals surface area contributed by atoms with Gasteiger partial charge >= 0.3 is 0 Å². The number of ether oxygens (including phenoxy) is 1. The van der Waals surface area contributed by atoms with Gasteiger partial charge in [-0.25, -0.2) is 9.67 Å². The molecule has 0 saturated carbocycles. The maximum absolute atomic E-state index is 13.2. The summed E-state index contributed by atoms with van der Waals surface area (Å²) in [4.78, 5) is 17.2. The number of hydrogen-bond acceptors (Lipinski definition) is 4. The average molecular weight is 362 g/mol. The Kier molecular flexibility index (Phi) is 4.98. The molecule has 138 valence electrons. The molecule has 0 radical (unpaired) electrons. The molecule has 1 fully saturated rings. The van der Waals surface area contributed by atoms with Crippen LogP contribution in [0.2, 0.25) is 0 Å². The molecule has 0 atom stereocenters. The Morgan fingerprint density at radius 2 is 1.81 bits per heavy atom. The zero-order chi connectivity index (χ0) is 18.5. The summed E-state index contributed by atoms with van der Waals surface area (Å²) in [6.07, 6.45) is 4.58. The van der Waals surface area contributed by atoms with Gasteiger partial charge in [0.25, 0.3) is 0 Å². The number of anilines is 1. The predicted octanol–water partition coefficient (Wildman–Crippen LogP) is 3.01. The van der Waals surface area contributed by atoms with Crippen molar-refractivity contribution in [2.45, 2.75) is 24.8 Å². The lowest BCUT2D eigenvalue weighted by Crippen LogP contribution is -2.44. The highest BCUT2D eigenvalue weighted by atomic mass is 16.5. The van der Waals surface area contributed by atoms with Crippen molar-refractivity contribution >= 4 is 11.6 Å². The Hall–Kier alpha value is -2.99. The number of nitrogens with one attached hydrogen (secondary N) is 1. The number of amides is 1. The molecule has 1 N–H and O–H groups in total. The van der Waals surface area contributed by atoms with Crippen molar-refractivity contribution in [3.05, 3.63) is 78.4 Å². The number of carbonyl (C=O) groups is 1. The molecule has 6 nitrogen and oxygen atoms in total. The maximum atomic E-state index is 13.2. The van der Waals surface area contributed by atoms with Crippen LogP contribution in [0.15, 0.2) is 67.3 Å². The van der Waals surface area contributed by atoms with Gasteiger partial charge in [-0.1, -0.05) is 42.5 Å². The van der Waals surface area contributed by atoms with Crippen LogP contribution in [0.1, 0.15) is 24.0 Å². The highest BCUT2D eigenvalue weighted by Gasteiger charge is 2.41. The van der Waals surface area contributed by atoms with Gasteiger partial charge in [-0.2, -0.15) is 5.10 Å². The Morgan fingerprint density at radius 1 is 1.07 bits per heavy atom. The van der Waals surface area contributed by atoms with Crippen LogP contribution in [0.5, 0.6) is 0 Å². The zero-order valence-electron chi connectivity index (χ0n) is 15.0. The standard InChI is InChI=1S/C21H22N4O2/c26-20(21(10-12-27-13-11-21)18-4-2-1-3-5-18)24-19-8-6-17(7-9-19)14-25-16-22-15-23-25/h1-9,15-16H,10-14H2,(H,24,26).